The molecule has 1 aromatic heterocycles. The number of aromatic nitrogens is 3. The first-order chi connectivity index (χ1) is 10.8. The van der Waals surface area contributed by atoms with Crippen molar-refractivity contribution in [1.29, 1.82) is 0 Å². The van der Waals surface area contributed by atoms with Crippen molar-refractivity contribution in [2.45, 2.75) is 0 Å². The average Bonchev–Trinajstić information content (AvgIpc) is 3.02. The van der Waals surface area contributed by atoms with Crippen LogP contribution in [0.2, 0.25) is 0 Å². The van der Waals surface area contributed by atoms with Gasteiger partial charge in [-0.15, -0.1) is 0 Å². The number of nitrogens with one attached hydrogen (secondary N) is 2. The molecule has 0 aliphatic heterocycles. The maximum atomic E-state index is 12.3. The number of carbonyl (C=O) groups is 1. The van der Waals surface area contributed by atoms with E-state index in [1.54, 1.807) is 18.2 Å². The molecule has 3 aromatic carbocycles. The predicted octanol–water partition coefficient (Wildman–Crippen LogP) is 3.36. The van der Waals surface area contributed by atoms with Crippen molar-refractivity contribution in [2.24, 2.45) is 0 Å². The highest BCUT2D eigenvalue weighted by Gasteiger charge is 2.08. The van der Waals surface area contributed by atoms with Gasteiger partial charge in [-0.2, -0.15) is 15.4 Å². The second kappa shape index (κ2) is 4.96. The normalized spacial score (nSPS) is 10.9. The van der Waals surface area contributed by atoms with Gasteiger partial charge in [-0.05, 0) is 41.1 Å². The molecule has 106 valence electrons. The van der Waals surface area contributed by atoms with Gasteiger partial charge < -0.3 is 5.32 Å². The van der Waals surface area contributed by atoms with Crippen LogP contribution in [0.4, 0.5) is 5.69 Å². The lowest BCUT2D eigenvalue weighted by molar-refractivity contribution is 0.102. The van der Waals surface area contributed by atoms with E-state index in [1.807, 2.05) is 42.5 Å². The Morgan fingerprint density at radius 2 is 1.68 bits per heavy atom. The summed E-state index contributed by atoms with van der Waals surface area (Å²) in [5, 5.41) is 15.6. The van der Waals surface area contributed by atoms with E-state index in [-0.39, 0.29) is 5.91 Å². The van der Waals surface area contributed by atoms with Crippen LogP contribution in [-0.4, -0.2) is 21.3 Å². The number of amides is 1. The monoisotopic (exact) mass is 288 g/mol. The zero-order valence-corrected chi connectivity index (χ0v) is 11.6. The fraction of sp³-hybridized carbons (Fsp3) is 0. The largest absolute Gasteiger partial charge is 0.322 e. The molecule has 0 fully saturated rings. The van der Waals surface area contributed by atoms with Crippen molar-refractivity contribution >= 4 is 33.4 Å². The second-order valence-electron chi connectivity index (χ2n) is 5.04. The smallest absolute Gasteiger partial charge is 0.255 e. The molecule has 0 radical (unpaired) electrons. The lowest BCUT2D eigenvalue weighted by Gasteiger charge is -2.06. The number of fused-ring (bicyclic) bond motifs is 2. The molecule has 1 heterocycles. The second-order valence-corrected chi connectivity index (χ2v) is 5.04. The lowest BCUT2D eigenvalue weighted by Crippen LogP contribution is -2.11. The molecule has 0 bridgehead atoms. The van der Waals surface area contributed by atoms with E-state index >= 15 is 0 Å². The van der Waals surface area contributed by atoms with Crippen molar-refractivity contribution in [3.05, 3.63) is 66.2 Å². The number of anilines is 1. The van der Waals surface area contributed by atoms with Crippen molar-refractivity contribution in [3.63, 3.8) is 0 Å². The summed E-state index contributed by atoms with van der Waals surface area (Å²) in [7, 11) is 0. The van der Waals surface area contributed by atoms with Crippen molar-refractivity contribution < 1.29 is 4.79 Å². The molecule has 2 N–H and O–H groups in total. The minimum atomic E-state index is -0.166. The van der Waals surface area contributed by atoms with Gasteiger partial charge in [0.2, 0.25) is 0 Å². The molecule has 5 heteroatoms. The Morgan fingerprint density at radius 3 is 2.59 bits per heavy atom. The fourth-order valence-electron chi connectivity index (χ4n) is 2.45. The molecule has 0 saturated heterocycles. The minimum absolute atomic E-state index is 0.166. The summed E-state index contributed by atoms with van der Waals surface area (Å²) in [6.45, 7) is 0. The molecule has 0 aliphatic carbocycles. The van der Waals surface area contributed by atoms with E-state index in [2.05, 4.69) is 20.7 Å². The molecule has 1 amide bonds. The fourth-order valence-corrected chi connectivity index (χ4v) is 2.45. The highest BCUT2D eigenvalue weighted by Crippen LogP contribution is 2.20. The Kier molecular flexibility index (Phi) is 2.83. The highest BCUT2D eigenvalue weighted by molar-refractivity contribution is 6.06. The van der Waals surface area contributed by atoms with Crippen molar-refractivity contribution in [2.75, 3.05) is 5.32 Å². The Bertz CT molecular complexity index is 990. The summed E-state index contributed by atoms with van der Waals surface area (Å²) in [5.74, 6) is -0.166. The number of H-pyrrole nitrogens is 1. The molecule has 4 aromatic rings. The summed E-state index contributed by atoms with van der Waals surface area (Å²) < 4.78 is 0. The Morgan fingerprint density at radius 1 is 0.864 bits per heavy atom. The van der Waals surface area contributed by atoms with Crippen LogP contribution in [0, 0.1) is 0 Å². The Balaban J connectivity index is 1.64. The zero-order chi connectivity index (χ0) is 14.9. The van der Waals surface area contributed by atoms with Gasteiger partial charge in [-0.1, -0.05) is 30.3 Å². The van der Waals surface area contributed by atoms with Crippen molar-refractivity contribution in [3.8, 4) is 0 Å². The summed E-state index contributed by atoms with van der Waals surface area (Å²) in [4.78, 5) is 12.3. The van der Waals surface area contributed by atoms with Gasteiger partial charge in [0.05, 0.1) is 0 Å². The molecule has 0 aliphatic rings. The number of hydrogen-bond donors (Lipinski definition) is 2. The first-order valence-corrected chi connectivity index (χ1v) is 6.90. The first kappa shape index (κ1) is 12.5. The van der Waals surface area contributed by atoms with E-state index in [0.29, 0.717) is 11.1 Å². The third-order valence-corrected chi connectivity index (χ3v) is 3.59. The summed E-state index contributed by atoms with van der Waals surface area (Å²) in [6, 6.07) is 19.1. The standard InChI is InChI=1S/C17H12N4O/c22-17(13-6-8-15-16(10-13)20-21-19-15)18-14-7-5-11-3-1-2-4-12(11)9-14/h1-10H,(H,18,22)(H,19,20,21). The van der Waals surface area contributed by atoms with Crippen LogP contribution in [0.3, 0.4) is 0 Å². The predicted molar refractivity (Wildman–Crippen MR) is 85.8 cm³/mol. The number of aromatic amines is 1. The van der Waals surface area contributed by atoms with Gasteiger partial charge >= 0.3 is 0 Å². The third-order valence-electron chi connectivity index (χ3n) is 3.59. The van der Waals surface area contributed by atoms with E-state index in [9.17, 15) is 4.79 Å². The number of nitrogens with zero attached hydrogens (tertiary/aromatic N) is 2. The van der Waals surface area contributed by atoms with Gasteiger partial charge in [0, 0.05) is 11.3 Å². The van der Waals surface area contributed by atoms with Crippen LogP contribution in [0.5, 0.6) is 0 Å². The lowest BCUT2D eigenvalue weighted by atomic mass is 10.1. The van der Waals surface area contributed by atoms with Crippen LogP contribution in [0.25, 0.3) is 21.8 Å². The van der Waals surface area contributed by atoms with Crippen molar-refractivity contribution in [1.82, 2.24) is 15.4 Å². The molecule has 5 nitrogen and oxygen atoms in total. The van der Waals surface area contributed by atoms with Gasteiger partial charge in [0.1, 0.15) is 11.0 Å². The van der Waals surface area contributed by atoms with E-state index in [0.717, 1.165) is 22.0 Å². The Hall–Kier alpha value is -3.21. The van der Waals surface area contributed by atoms with Gasteiger partial charge in [0.15, 0.2) is 0 Å². The molecule has 0 spiro atoms. The summed E-state index contributed by atoms with van der Waals surface area (Å²) in [6.07, 6.45) is 0. The molecular weight excluding hydrogens is 276 g/mol. The number of hydrogen-bond acceptors (Lipinski definition) is 3. The SMILES string of the molecule is O=C(Nc1ccc2ccccc2c1)c1ccc2n[nH]nc2c1. The van der Waals surface area contributed by atoms with Gasteiger partial charge in [-0.3, -0.25) is 4.79 Å². The molecule has 4 rings (SSSR count). The quantitative estimate of drug-likeness (QED) is 0.594. The Labute approximate surface area is 126 Å². The van der Waals surface area contributed by atoms with E-state index < -0.39 is 0 Å². The van der Waals surface area contributed by atoms with E-state index in [4.69, 9.17) is 0 Å². The molecule has 0 unspecified atom stereocenters. The zero-order valence-electron chi connectivity index (χ0n) is 11.6. The topological polar surface area (TPSA) is 70.7 Å². The van der Waals surface area contributed by atoms with Crippen LogP contribution in [0.15, 0.2) is 60.7 Å². The molecule has 0 saturated carbocycles. The summed E-state index contributed by atoms with van der Waals surface area (Å²) in [5.41, 5.74) is 2.73. The van der Waals surface area contributed by atoms with Crippen LogP contribution in [0.1, 0.15) is 10.4 Å². The number of benzene rings is 3. The maximum absolute atomic E-state index is 12.3. The molecule has 0 atom stereocenters. The average molecular weight is 288 g/mol. The van der Waals surface area contributed by atoms with Crippen LogP contribution in [-0.2, 0) is 0 Å². The first-order valence-electron chi connectivity index (χ1n) is 6.90. The summed E-state index contributed by atoms with van der Waals surface area (Å²) >= 11 is 0. The van der Waals surface area contributed by atoms with Crippen LogP contribution >= 0.6 is 0 Å². The third kappa shape index (κ3) is 2.18. The van der Waals surface area contributed by atoms with E-state index in [1.165, 1.54) is 0 Å². The number of rotatable bonds is 2. The number of carbonyl (C=O) groups excluding carboxylic acids is 1. The van der Waals surface area contributed by atoms with Gasteiger partial charge in [0.25, 0.3) is 5.91 Å². The minimum Gasteiger partial charge on any atom is -0.322 e. The highest BCUT2D eigenvalue weighted by atomic mass is 16.1. The van der Waals surface area contributed by atoms with Crippen LogP contribution < -0.4 is 5.32 Å². The van der Waals surface area contributed by atoms with Gasteiger partial charge in [-0.25, -0.2) is 0 Å². The molecular formula is C17H12N4O. The maximum Gasteiger partial charge on any atom is 0.255 e. The molecule has 22 heavy (non-hydrogen) atoms.